The highest BCUT2D eigenvalue weighted by Crippen LogP contribution is 2.35. The molecular formula is C21H25N3O3S. The molecule has 7 heteroatoms. The Balaban J connectivity index is 1.72. The Hall–Kier alpha value is -2.35. The van der Waals surface area contributed by atoms with Gasteiger partial charge >= 0.3 is 0 Å². The standard InChI is InChI=1S/C21H25N3O3S/c1-25-18-5-6-19(26-2)20-17(18)12-15(13-22-14-16-4-3-11-28-16)21(23-20)24-7-9-27-10-8-24/h3-6,11-12,22H,7-10,13-14H2,1-2H3. The highest BCUT2D eigenvalue weighted by Gasteiger charge is 2.20. The predicted octanol–water partition coefficient (Wildman–Crippen LogP) is 3.44. The topological polar surface area (TPSA) is 55.9 Å². The lowest BCUT2D eigenvalue weighted by atomic mass is 10.1. The number of thiophene rings is 1. The van der Waals surface area contributed by atoms with E-state index >= 15 is 0 Å². The van der Waals surface area contributed by atoms with Crippen LogP contribution in [0, 0.1) is 0 Å². The van der Waals surface area contributed by atoms with E-state index in [4.69, 9.17) is 19.2 Å². The highest BCUT2D eigenvalue weighted by atomic mass is 32.1. The molecule has 3 aromatic rings. The van der Waals surface area contributed by atoms with E-state index in [1.165, 1.54) is 4.88 Å². The van der Waals surface area contributed by atoms with Crippen LogP contribution in [0.2, 0.25) is 0 Å². The van der Waals surface area contributed by atoms with Crippen LogP contribution in [0.4, 0.5) is 5.82 Å². The third kappa shape index (κ3) is 3.92. The summed E-state index contributed by atoms with van der Waals surface area (Å²) in [4.78, 5) is 8.64. The van der Waals surface area contributed by atoms with Gasteiger partial charge in [0.15, 0.2) is 0 Å². The minimum atomic E-state index is 0.719. The zero-order valence-corrected chi connectivity index (χ0v) is 17.1. The first-order valence-electron chi connectivity index (χ1n) is 9.40. The molecule has 28 heavy (non-hydrogen) atoms. The van der Waals surface area contributed by atoms with Crippen molar-refractivity contribution in [3.8, 4) is 11.5 Å². The SMILES string of the molecule is COc1ccc(OC)c2nc(N3CCOCC3)c(CNCc3cccs3)cc12. The van der Waals surface area contributed by atoms with E-state index in [0.29, 0.717) is 0 Å². The van der Waals surface area contributed by atoms with Crippen LogP contribution < -0.4 is 19.7 Å². The molecule has 0 amide bonds. The van der Waals surface area contributed by atoms with Gasteiger partial charge < -0.3 is 24.4 Å². The summed E-state index contributed by atoms with van der Waals surface area (Å²) >= 11 is 1.76. The Morgan fingerprint density at radius 1 is 1.11 bits per heavy atom. The molecule has 1 N–H and O–H groups in total. The quantitative estimate of drug-likeness (QED) is 0.657. The van der Waals surface area contributed by atoms with Gasteiger partial charge in [0.05, 0.1) is 27.4 Å². The summed E-state index contributed by atoms with van der Waals surface area (Å²) in [6, 6.07) is 10.2. The van der Waals surface area contributed by atoms with Crippen molar-refractivity contribution in [1.29, 1.82) is 0 Å². The third-order valence-corrected chi connectivity index (χ3v) is 5.79. The van der Waals surface area contributed by atoms with Crippen LogP contribution >= 0.6 is 11.3 Å². The van der Waals surface area contributed by atoms with E-state index < -0.39 is 0 Å². The highest BCUT2D eigenvalue weighted by molar-refractivity contribution is 7.09. The first kappa shape index (κ1) is 19.0. The number of hydrogen-bond donors (Lipinski definition) is 1. The average Bonchev–Trinajstić information content (AvgIpc) is 3.26. The van der Waals surface area contributed by atoms with Crippen LogP contribution in [0.5, 0.6) is 11.5 Å². The largest absolute Gasteiger partial charge is 0.496 e. The van der Waals surface area contributed by atoms with E-state index in [2.05, 4.69) is 33.8 Å². The monoisotopic (exact) mass is 399 g/mol. The maximum Gasteiger partial charge on any atom is 0.145 e. The van der Waals surface area contributed by atoms with Gasteiger partial charge in [0.1, 0.15) is 22.8 Å². The van der Waals surface area contributed by atoms with E-state index in [1.54, 1.807) is 25.6 Å². The lowest BCUT2D eigenvalue weighted by Gasteiger charge is -2.30. The summed E-state index contributed by atoms with van der Waals surface area (Å²) < 4.78 is 16.7. The van der Waals surface area contributed by atoms with Crippen LogP contribution in [-0.4, -0.2) is 45.5 Å². The predicted molar refractivity (Wildman–Crippen MR) is 113 cm³/mol. The molecule has 1 saturated heterocycles. The number of rotatable bonds is 7. The van der Waals surface area contributed by atoms with Crippen molar-refractivity contribution in [3.63, 3.8) is 0 Å². The van der Waals surface area contributed by atoms with Gasteiger partial charge in [-0.05, 0) is 29.6 Å². The number of pyridine rings is 1. The molecule has 1 aliphatic heterocycles. The van der Waals surface area contributed by atoms with Crippen molar-refractivity contribution in [3.05, 3.63) is 46.2 Å². The Labute approximate surface area is 169 Å². The Kier molecular flexibility index (Phi) is 5.95. The fraction of sp³-hybridized carbons (Fsp3) is 0.381. The molecule has 0 saturated carbocycles. The van der Waals surface area contributed by atoms with Gasteiger partial charge in [-0.2, -0.15) is 0 Å². The van der Waals surface area contributed by atoms with E-state index in [-0.39, 0.29) is 0 Å². The number of hydrogen-bond acceptors (Lipinski definition) is 7. The van der Waals surface area contributed by atoms with Crippen LogP contribution in [-0.2, 0) is 17.8 Å². The number of benzene rings is 1. The summed E-state index contributed by atoms with van der Waals surface area (Å²) in [5.41, 5.74) is 1.97. The molecular weight excluding hydrogens is 374 g/mol. The summed E-state index contributed by atoms with van der Waals surface area (Å²) in [6.07, 6.45) is 0. The molecule has 0 spiro atoms. The molecule has 3 heterocycles. The van der Waals surface area contributed by atoms with E-state index in [9.17, 15) is 0 Å². The molecule has 0 bridgehead atoms. The van der Waals surface area contributed by atoms with Crippen molar-refractivity contribution in [2.45, 2.75) is 13.1 Å². The van der Waals surface area contributed by atoms with Crippen molar-refractivity contribution in [2.75, 3.05) is 45.4 Å². The summed E-state index contributed by atoms with van der Waals surface area (Å²) in [6.45, 7) is 4.68. The average molecular weight is 400 g/mol. The number of anilines is 1. The zero-order chi connectivity index (χ0) is 19.3. The second kappa shape index (κ2) is 8.77. The maximum atomic E-state index is 5.58. The number of ether oxygens (including phenoxy) is 3. The van der Waals surface area contributed by atoms with Gasteiger partial charge in [0.25, 0.3) is 0 Å². The molecule has 1 aromatic carbocycles. The Bertz CT molecular complexity index is 924. The zero-order valence-electron chi connectivity index (χ0n) is 16.2. The van der Waals surface area contributed by atoms with Gasteiger partial charge in [0.2, 0.25) is 0 Å². The Morgan fingerprint density at radius 2 is 1.89 bits per heavy atom. The maximum absolute atomic E-state index is 5.58. The van der Waals surface area contributed by atoms with Crippen LogP contribution in [0.3, 0.4) is 0 Å². The minimum absolute atomic E-state index is 0.719. The smallest absolute Gasteiger partial charge is 0.145 e. The fourth-order valence-corrected chi connectivity index (χ4v) is 4.17. The molecule has 0 unspecified atom stereocenters. The normalized spacial score (nSPS) is 14.4. The molecule has 4 rings (SSSR count). The van der Waals surface area contributed by atoms with E-state index in [0.717, 1.165) is 73.2 Å². The number of nitrogens with zero attached hydrogens (tertiary/aromatic N) is 2. The summed E-state index contributed by atoms with van der Waals surface area (Å²) in [7, 11) is 3.36. The number of nitrogens with one attached hydrogen (secondary N) is 1. The molecule has 2 aromatic heterocycles. The molecule has 0 atom stereocenters. The van der Waals surface area contributed by atoms with Crippen LogP contribution in [0.1, 0.15) is 10.4 Å². The third-order valence-electron chi connectivity index (χ3n) is 4.91. The number of morpholine rings is 1. The molecule has 1 fully saturated rings. The van der Waals surface area contributed by atoms with Crippen molar-refractivity contribution < 1.29 is 14.2 Å². The molecule has 0 aliphatic carbocycles. The number of methoxy groups -OCH3 is 2. The minimum Gasteiger partial charge on any atom is -0.496 e. The van der Waals surface area contributed by atoms with Gasteiger partial charge in [-0.15, -0.1) is 11.3 Å². The second-order valence-corrected chi connectivity index (χ2v) is 7.65. The number of aromatic nitrogens is 1. The molecule has 0 radical (unpaired) electrons. The van der Waals surface area contributed by atoms with E-state index in [1.807, 2.05) is 12.1 Å². The summed E-state index contributed by atoms with van der Waals surface area (Å²) in [5.74, 6) is 2.54. The second-order valence-electron chi connectivity index (χ2n) is 6.62. The first-order valence-corrected chi connectivity index (χ1v) is 10.3. The Morgan fingerprint density at radius 3 is 2.61 bits per heavy atom. The van der Waals surface area contributed by atoms with Gasteiger partial charge in [0, 0.05) is 42.0 Å². The molecule has 6 nitrogen and oxygen atoms in total. The van der Waals surface area contributed by atoms with Crippen LogP contribution in [0.15, 0.2) is 35.7 Å². The summed E-state index contributed by atoms with van der Waals surface area (Å²) in [5, 5.41) is 6.62. The number of fused-ring (bicyclic) bond motifs is 1. The van der Waals surface area contributed by atoms with Gasteiger partial charge in [-0.1, -0.05) is 6.07 Å². The molecule has 148 valence electrons. The van der Waals surface area contributed by atoms with Gasteiger partial charge in [-0.3, -0.25) is 0 Å². The van der Waals surface area contributed by atoms with Crippen LogP contribution in [0.25, 0.3) is 10.9 Å². The molecule has 1 aliphatic rings. The van der Waals surface area contributed by atoms with Crippen molar-refractivity contribution in [2.24, 2.45) is 0 Å². The van der Waals surface area contributed by atoms with Gasteiger partial charge in [-0.25, -0.2) is 4.98 Å². The fourth-order valence-electron chi connectivity index (χ4n) is 3.50. The lowest BCUT2D eigenvalue weighted by molar-refractivity contribution is 0.122. The van der Waals surface area contributed by atoms with Crippen molar-refractivity contribution in [1.82, 2.24) is 10.3 Å². The lowest BCUT2D eigenvalue weighted by Crippen LogP contribution is -2.37. The van der Waals surface area contributed by atoms with Crippen molar-refractivity contribution >= 4 is 28.1 Å². The first-order chi connectivity index (χ1) is 13.8.